The molecule has 7 heteroatoms. The molecule has 2 heterocycles. The quantitative estimate of drug-likeness (QED) is 0.357. The predicted octanol–water partition coefficient (Wildman–Crippen LogP) is 5.91. The number of halogens is 1. The molecule has 0 aliphatic carbocycles. The summed E-state index contributed by atoms with van der Waals surface area (Å²) in [6.07, 6.45) is 0.202. The number of benzene rings is 3. The van der Waals surface area contributed by atoms with Crippen molar-refractivity contribution in [2.45, 2.75) is 25.6 Å². The van der Waals surface area contributed by atoms with E-state index in [0.717, 1.165) is 33.5 Å². The number of hydrogen-bond acceptors (Lipinski definition) is 5. The van der Waals surface area contributed by atoms with Crippen LogP contribution in [0.4, 0.5) is 5.69 Å². The number of hydrazone groups is 1. The molecule has 0 saturated carbocycles. The van der Waals surface area contributed by atoms with Crippen LogP contribution in [-0.2, 0) is 0 Å². The van der Waals surface area contributed by atoms with Crippen molar-refractivity contribution in [3.05, 3.63) is 104 Å². The van der Waals surface area contributed by atoms with Crippen LogP contribution in [0.15, 0.2) is 76.3 Å². The molecule has 2 aliphatic heterocycles. The van der Waals surface area contributed by atoms with Crippen LogP contribution in [0.5, 0.6) is 5.75 Å². The second-order valence-electron chi connectivity index (χ2n) is 7.52. The molecule has 0 aromatic heterocycles. The first kappa shape index (κ1) is 18.8. The average molecular weight is 464 g/mol. The van der Waals surface area contributed by atoms with Crippen molar-refractivity contribution in [3.63, 3.8) is 0 Å². The second kappa shape index (κ2) is 7.25. The Bertz CT molecular complexity index is 1180. The van der Waals surface area contributed by atoms with Gasteiger partial charge in [0.25, 0.3) is 5.69 Å². The number of rotatable bonds is 3. The summed E-state index contributed by atoms with van der Waals surface area (Å²) >= 11 is 3.55. The molecule has 0 amide bonds. The van der Waals surface area contributed by atoms with Gasteiger partial charge in [-0.05, 0) is 30.7 Å². The average Bonchev–Trinajstić information content (AvgIpc) is 3.19. The van der Waals surface area contributed by atoms with Gasteiger partial charge in [0.05, 0.1) is 16.7 Å². The van der Waals surface area contributed by atoms with Gasteiger partial charge in [0.1, 0.15) is 5.75 Å². The Hall–Kier alpha value is -3.19. The number of hydrogen-bond donors (Lipinski definition) is 0. The van der Waals surface area contributed by atoms with Crippen LogP contribution in [0.2, 0.25) is 0 Å². The molecule has 5 rings (SSSR count). The Labute approximate surface area is 182 Å². The first-order chi connectivity index (χ1) is 14.5. The van der Waals surface area contributed by atoms with Crippen molar-refractivity contribution in [2.24, 2.45) is 5.10 Å². The molecule has 150 valence electrons. The maximum atomic E-state index is 11.3. The molecule has 6 nitrogen and oxygen atoms in total. The maximum Gasteiger partial charge on any atom is 0.269 e. The van der Waals surface area contributed by atoms with Gasteiger partial charge in [0, 0.05) is 34.2 Å². The summed E-state index contributed by atoms with van der Waals surface area (Å²) in [6, 6.07) is 20.8. The van der Waals surface area contributed by atoms with Gasteiger partial charge in [0.2, 0.25) is 6.23 Å². The number of nitro benzene ring substituents is 1. The molecular formula is C23H18BrN3O3. The molecule has 0 fully saturated rings. The number of nitrogens with zero attached hydrogens (tertiary/aromatic N) is 3. The molecular weight excluding hydrogens is 446 g/mol. The lowest BCUT2D eigenvalue weighted by molar-refractivity contribution is -0.385. The third-order valence-corrected chi connectivity index (χ3v) is 6.00. The molecule has 30 heavy (non-hydrogen) atoms. The Morgan fingerprint density at radius 2 is 1.93 bits per heavy atom. The number of fused-ring (bicyclic) bond motifs is 3. The van der Waals surface area contributed by atoms with Gasteiger partial charge in [-0.1, -0.05) is 57.9 Å². The van der Waals surface area contributed by atoms with Crippen molar-refractivity contribution in [3.8, 4) is 5.75 Å². The van der Waals surface area contributed by atoms with Crippen LogP contribution in [0, 0.1) is 17.0 Å². The fraction of sp³-hybridized carbons (Fsp3) is 0.174. The third-order valence-electron chi connectivity index (χ3n) is 5.50. The van der Waals surface area contributed by atoms with Crippen LogP contribution in [0.1, 0.15) is 40.9 Å². The van der Waals surface area contributed by atoms with E-state index in [1.165, 1.54) is 11.6 Å². The van der Waals surface area contributed by atoms with Crippen LogP contribution < -0.4 is 4.74 Å². The van der Waals surface area contributed by atoms with Crippen LogP contribution >= 0.6 is 15.9 Å². The minimum atomic E-state index is -0.536. The lowest BCUT2D eigenvalue weighted by Gasteiger charge is -2.38. The smallest absolute Gasteiger partial charge is 0.269 e. The molecule has 2 atom stereocenters. The Morgan fingerprint density at radius 3 is 2.70 bits per heavy atom. The summed E-state index contributed by atoms with van der Waals surface area (Å²) in [5.74, 6) is 0.774. The summed E-state index contributed by atoms with van der Waals surface area (Å²) in [6.45, 7) is 2.06. The highest BCUT2D eigenvalue weighted by Crippen LogP contribution is 2.48. The molecule has 3 aromatic rings. The Kier molecular flexibility index (Phi) is 4.55. The molecule has 0 spiro atoms. The zero-order valence-corrected chi connectivity index (χ0v) is 17.7. The molecule has 0 saturated heterocycles. The highest BCUT2D eigenvalue weighted by Gasteiger charge is 2.41. The zero-order chi connectivity index (χ0) is 20.8. The molecule has 0 N–H and O–H groups in total. The SMILES string of the molecule is Cc1ccc(C2=NN3[C@@H](c4cccc([N+](=O)[O-])c4)Oc4ccc(Br)cc4[C@@H]3C2)cc1. The summed E-state index contributed by atoms with van der Waals surface area (Å²) in [5, 5.41) is 18.1. The van der Waals surface area contributed by atoms with E-state index in [0.29, 0.717) is 5.56 Å². The van der Waals surface area contributed by atoms with Crippen molar-refractivity contribution in [2.75, 3.05) is 0 Å². The molecule has 0 radical (unpaired) electrons. The first-order valence-electron chi connectivity index (χ1n) is 9.63. The van der Waals surface area contributed by atoms with Gasteiger partial charge < -0.3 is 4.74 Å². The molecule has 3 aromatic carbocycles. The number of aryl methyl sites for hydroxylation is 1. The van der Waals surface area contributed by atoms with Crippen molar-refractivity contribution < 1.29 is 9.66 Å². The van der Waals surface area contributed by atoms with Gasteiger partial charge in [-0.15, -0.1) is 0 Å². The van der Waals surface area contributed by atoms with Gasteiger partial charge in [0.15, 0.2) is 0 Å². The van der Waals surface area contributed by atoms with E-state index in [4.69, 9.17) is 9.84 Å². The summed E-state index contributed by atoms with van der Waals surface area (Å²) in [4.78, 5) is 10.9. The highest BCUT2D eigenvalue weighted by molar-refractivity contribution is 9.10. The fourth-order valence-electron chi connectivity index (χ4n) is 3.99. The van der Waals surface area contributed by atoms with E-state index in [9.17, 15) is 10.1 Å². The van der Waals surface area contributed by atoms with E-state index in [1.54, 1.807) is 12.1 Å². The summed E-state index contributed by atoms with van der Waals surface area (Å²) < 4.78 is 7.27. The van der Waals surface area contributed by atoms with Crippen LogP contribution in [0.3, 0.4) is 0 Å². The summed E-state index contributed by atoms with van der Waals surface area (Å²) in [5.41, 5.74) is 5.04. The Morgan fingerprint density at radius 1 is 1.13 bits per heavy atom. The number of non-ortho nitro benzene ring substituents is 1. The second-order valence-corrected chi connectivity index (χ2v) is 8.43. The third kappa shape index (κ3) is 3.25. The minimum Gasteiger partial charge on any atom is -0.464 e. The fourth-order valence-corrected chi connectivity index (χ4v) is 4.37. The standard InChI is InChI=1S/C23H18BrN3O3/c1-14-5-7-15(8-6-14)20-13-21-19-12-17(24)9-10-22(19)30-23(26(21)25-20)16-3-2-4-18(11-16)27(28)29/h2-12,21,23H,13H2,1H3/t21-,23+/m0/s1. The van der Waals surface area contributed by atoms with E-state index >= 15 is 0 Å². The predicted molar refractivity (Wildman–Crippen MR) is 118 cm³/mol. The lowest BCUT2D eigenvalue weighted by atomic mass is 9.95. The van der Waals surface area contributed by atoms with E-state index in [-0.39, 0.29) is 16.7 Å². The number of ether oxygens (including phenoxy) is 1. The maximum absolute atomic E-state index is 11.3. The van der Waals surface area contributed by atoms with Crippen molar-refractivity contribution in [1.82, 2.24) is 5.01 Å². The Balaban J connectivity index is 1.60. The van der Waals surface area contributed by atoms with Gasteiger partial charge >= 0.3 is 0 Å². The lowest BCUT2D eigenvalue weighted by Crippen LogP contribution is -2.33. The number of nitro groups is 1. The summed E-state index contributed by atoms with van der Waals surface area (Å²) in [7, 11) is 0. The highest BCUT2D eigenvalue weighted by atomic mass is 79.9. The van der Waals surface area contributed by atoms with E-state index in [2.05, 4.69) is 53.2 Å². The molecule has 2 aliphatic rings. The molecule has 0 bridgehead atoms. The monoisotopic (exact) mass is 463 g/mol. The van der Waals surface area contributed by atoms with Gasteiger partial charge in [-0.25, -0.2) is 5.01 Å². The molecule has 0 unspecified atom stereocenters. The first-order valence-corrected chi connectivity index (χ1v) is 10.4. The normalized spacial score (nSPS) is 19.5. The van der Waals surface area contributed by atoms with Crippen LogP contribution in [-0.4, -0.2) is 15.6 Å². The van der Waals surface area contributed by atoms with Gasteiger partial charge in [-0.3, -0.25) is 10.1 Å². The van der Waals surface area contributed by atoms with Gasteiger partial charge in [-0.2, -0.15) is 5.10 Å². The zero-order valence-electron chi connectivity index (χ0n) is 16.2. The van der Waals surface area contributed by atoms with Crippen molar-refractivity contribution >= 4 is 27.3 Å². The minimum absolute atomic E-state index is 0.00758. The topological polar surface area (TPSA) is 68.0 Å². The van der Waals surface area contributed by atoms with E-state index in [1.807, 2.05) is 23.2 Å². The van der Waals surface area contributed by atoms with Crippen LogP contribution in [0.25, 0.3) is 0 Å². The van der Waals surface area contributed by atoms with E-state index < -0.39 is 6.23 Å². The van der Waals surface area contributed by atoms with Crippen molar-refractivity contribution in [1.29, 1.82) is 0 Å². The largest absolute Gasteiger partial charge is 0.464 e.